The number of esters is 1. The molecule has 0 aromatic carbocycles. The van der Waals surface area contributed by atoms with Crippen molar-refractivity contribution in [2.24, 2.45) is 5.92 Å². The molecule has 1 N–H and O–H groups in total. The minimum absolute atomic E-state index is 0.00742. The summed E-state index contributed by atoms with van der Waals surface area (Å²) in [6, 6.07) is 0. The zero-order valence-corrected chi connectivity index (χ0v) is 11.8. The summed E-state index contributed by atoms with van der Waals surface area (Å²) in [5.74, 6) is -0.255. The van der Waals surface area contributed by atoms with Crippen LogP contribution in [0.2, 0.25) is 0 Å². The molecule has 1 rings (SSSR count). The van der Waals surface area contributed by atoms with Gasteiger partial charge >= 0.3 is 5.97 Å². The summed E-state index contributed by atoms with van der Waals surface area (Å²) >= 11 is 0. The van der Waals surface area contributed by atoms with Crippen molar-refractivity contribution in [1.29, 1.82) is 0 Å². The normalized spacial score (nSPS) is 21.4. The van der Waals surface area contributed by atoms with Gasteiger partial charge in [0.05, 0.1) is 19.6 Å². The number of amides is 1. The zero-order valence-electron chi connectivity index (χ0n) is 11.8. The van der Waals surface area contributed by atoms with Gasteiger partial charge in [-0.05, 0) is 40.2 Å². The van der Waals surface area contributed by atoms with E-state index >= 15 is 0 Å². The minimum Gasteiger partial charge on any atom is -0.469 e. The monoisotopic (exact) mass is 256 g/mol. The highest BCUT2D eigenvalue weighted by Crippen LogP contribution is 2.17. The maximum atomic E-state index is 11.8. The van der Waals surface area contributed by atoms with Crippen molar-refractivity contribution in [3.63, 3.8) is 0 Å². The van der Waals surface area contributed by atoms with Crippen LogP contribution in [0.5, 0.6) is 0 Å². The highest BCUT2D eigenvalue weighted by atomic mass is 16.5. The summed E-state index contributed by atoms with van der Waals surface area (Å²) in [7, 11) is 1.41. The van der Waals surface area contributed by atoms with Crippen LogP contribution in [0.15, 0.2) is 0 Å². The van der Waals surface area contributed by atoms with Crippen molar-refractivity contribution in [3.8, 4) is 0 Å². The van der Waals surface area contributed by atoms with E-state index in [0.717, 1.165) is 19.4 Å². The lowest BCUT2D eigenvalue weighted by Crippen LogP contribution is -2.48. The Bertz CT molecular complexity index is 310. The average molecular weight is 256 g/mol. The molecule has 0 spiro atoms. The van der Waals surface area contributed by atoms with Gasteiger partial charge in [0, 0.05) is 12.1 Å². The summed E-state index contributed by atoms with van der Waals surface area (Å²) < 4.78 is 4.76. The predicted molar refractivity (Wildman–Crippen MR) is 69.1 cm³/mol. The maximum Gasteiger partial charge on any atom is 0.309 e. The Labute approximate surface area is 109 Å². The first-order valence-electron chi connectivity index (χ1n) is 6.43. The van der Waals surface area contributed by atoms with Crippen LogP contribution < -0.4 is 5.32 Å². The van der Waals surface area contributed by atoms with E-state index in [2.05, 4.69) is 5.32 Å². The molecule has 5 heteroatoms. The minimum atomic E-state index is -0.214. The van der Waals surface area contributed by atoms with Gasteiger partial charge in [0.15, 0.2) is 0 Å². The van der Waals surface area contributed by atoms with Gasteiger partial charge in [-0.1, -0.05) is 0 Å². The SMILES string of the molecule is COC(=O)[C@H]1CCCN(CC(=O)NC(C)(C)C)C1. The zero-order chi connectivity index (χ0) is 13.8. The lowest BCUT2D eigenvalue weighted by atomic mass is 9.98. The molecule has 1 fully saturated rings. The fourth-order valence-corrected chi connectivity index (χ4v) is 2.22. The Kier molecular flexibility index (Phi) is 5.14. The van der Waals surface area contributed by atoms with E-state index in [4.69, 9.17) is 4.74 Å². The second-order valence-corrected chi connectivity index (χ2v) is 5.90. The second kappa shape index (κ2) is 6.18. The molecular weight excluding hydrogens is 232 g/mol. The molecule has 1 aliphatic rings. The topological polar surface area (TPSA) is 58.6 Å². The first kappa shape index (κ1) is 15.0. The molecule has 104 valence electrons. The molecule has 0 aliphatic carbocycles. The summed E-state index contributed by atoms with van der Waals surface area (Å²) in [5.41, 5.74) is -0.214. The number of carbonyl (C=O) groups excluding carboxylic acids is 2. The number of piperidine rings is 1. The number of nitrogens with zero attached hydrogens (tertiary/aromatic N) is 1. The van der Waals surface area contributed by atoms with Crippen molar-refractivity contribution in [2.45, 2.75) is 39.2 Å². The number of methoxy groups -OCH3 is 1. The lowest BCUT2D eigenvalue weighted by molar-refractivity contribution is -0.147. The molecule has 0 saturated carbocycles. The largest absolute Gasteiger partial charge is 0.469 e. The van der Waals surface area contributed by atoms with Crippen LogP contribution >= 0.6 is 0 Å². The molecule has 5 nitrogen and oxygen atoms in total. The van der Waals surface area contributed by atoms with E-state index in [1.54, 1.807) is 0 Å². The van der Waals surface area contributed by atoms with Crippen LogP contribution in [-0.4, -0.2) is 49.1 Å². The summed E-state index contributed by atoms with van der Waals surface area (Å²) in [4.78, 5) is 25.3. The Balaban J connectivity index is 2.43. The summed E-state index contributed by atoms with van der Waals surface area (Å²) in [5, 5.41) is 2.93. The summed E-state index contributed by atoms with van der Waals surface area (Å²) in [6.45, 7) is 7.70. The van der Waals surface area contributed by atoms with Crippen LogP contribution in [0.25, 0.3) is 0 Å². The first-order valence-corrected chi connectivity index (χ1v) is 6.43. The number of rotatable bonds is 3. The third-order valence-electron chi connectivity index (χ3n) is 2.92. The van der Waals surface area contributed by atoms with Crippen molar-refractivity contribution in [3.05, 3.63) is 0 Å². The molecule has 0 aromatic heterocycles. The molecule has 1 amide bonds. The number of likely N-dealkylation sites (tertiary alicyclic amines) is 1. The van der Waals surface area contributed by atoms with Gasteiger partial charge in [-0.25, -0.2) is 0 Å². The first-order chi connectivity index (χ1) is 8.31. The molecule has 0 bridgehead atoms. The standard InChI is InChI=1S/C13H24N2O3/c1-13(2,3)14-11(16)9-15-7-5-6-10(8-15)12(17)18-4/h10H,5-9H2,1-4H3,(H,14,16)/t10-/m0/s1. The Morgan fingerprint density at radius 1 is 1.39 bits per heavy atom. The Morgan fingerprint density at radius 2 is 2.06 bits per heavy atom. The van der Waals surface area contributed by atoms with Crippen molar-refractivity contribution in [2.75, 3.05) is 26.7 Å². The molecular formula is C13H24N2O3. The van der Waals surface area contributed by atoms with Crippen LogP contribution in [0.4, 0.5) is 0 Å². The lowest BCUT2D eigenvalue weighted by Gasteiger charge is -2.31. The van der Waals surface area contributed by atoms with E-state index in [-0.39, 0.29) is 23.3 Å². The number of ether oxygens (including phenoxy) is 1. The van der Waals surface area contributed by atoms with E-state index in [1.165, 1.54) is 7.11 Å². The highest BCUT2D eigenvalue weighted by Gasteiger charge is 2.27. The van der Waals surface area contributed by atoms with Gasteiger partial charge in [0.25, 0.3) is 0 Å². The molecule has 1 heterocycles. The quantitative estimate of drug-likeness (QED) is 0.758. The third kappa shape index (κ3) is 5.04. The van der Waals surface area contributed by atoms with Gasteiger partial charge in [0.2, 0.25) is 5.91 Å². The fraction of sp³-hybridized carbons (Fsp3) is 0.846. The third-order valence-corrected chi connectivity index (χ3v) is 2.92. The summed E-state index contributed by atoms with van der Waals surface area (Å²) in [6.07, 6.45) is 1.78. The van der Waals surface area contributed by atoms with Crippen LogP contribution in [0.3, 0.4) is 0 Å². The van der Waals surface area contributed by atoms with Gasteiger partial charge < -0.3 is 10.1 Å². The van der Waals surface area contributed by atoms with E-state index < -0.39 is 0 Å². The number of carbonyl (C=O) groups is 2. The van der Waals surface area contributed by atoms with E-state index in [9.17, 15) is 9.59 Å². The maximum absolute atomic E-state index is 11.8. The van der Waals surface area contributed by atoms with Crippen molar-refractivity contribution >= 4 is 11.9 Å². The number of hydrogen-bond donors (Lipinski definition) is 1. The van der Waals surface area contributed by atoms with E-state index in [0.29, 0.717) is 13.1 Å². The molecule has 1 saturated heterocycles. The van der Waals surface area contributed by atoms with Gasteiger partial charge in [-0.3, -0.25) is 14.5 Å². The highest BCUT2D eigenvalue weighted by molar-refractivity contribution is 5.79. The Hall–Kier alpha value is -1.10. The Morgan fingerprint density at radius 3 is 2.61 bits per heavy atom. The smallest absolute Gasteiger partial charge is 0.309 e. The second-order valence-electron chi connectivity index (χ2n) is 5.90. The predicted octanol–water partition coefficient (Wildman–Crippen LogP) is 0.786. The fourth-order valence-electron chi connectivity index (χ4n) is 2.22. The molecule has 0 unspecified atom stereocenters. The van der Waals surface area contributed by atoms with Crippen molar-refractivity contribution in [1.82, 2.24) is 10.2 Å². The average Bonchev–Trinajstić information content (AvgIpc) is 2.25. The molecule has 0 aromatic rings. The number of nitrogens with one attached hydrogen (secondary N) is 1. The van der Waals surface area contributed by atoms with Crippen LogP contribution in [0.1, 0.15) is 33.6 Å². The van der Waals surface area contributed by atoms with Gasteiger partial charge in [-0.2, -0.15) is 0 Å². The molecule has 0 radical (unpaired) electrons. The van der Waals surface area contributed by atoms with Gasteiger partial charge in [0.1, 0.15) is 0 Å². The molecule has 1 aliphatic heterocycles. The molecule has 18 heavy (non-hydrogen) atoms. The number of hydrogen-bond acceptors (Lipinski definition) is 4. The molecule has 1 atom stereocenters. The van der Waals surface area contributed by atoms with Crippen LogP contribution in [0, 0.1) is 5.92 Å². The van der Waals surface area contributed by atoms with E-state index in [1.807, 2.05) is 25.7 Å². The van der Waals surface area contributed by atoms with Gasteiger partial charge in [-0.15, -0.1) is 0 Å². The van der Waals surface area contributed by atoms with Crippen LogP contribution in [-0.2, 0) is 14.3 Å². The van der Waals surface area contributed by atoms with Crippen molar-refractivity contribution < 1.29 is 14.3 Å².